The molecule has 0 saturated heterocycles. The van der Waals surface area contributed by atoms with Crippen molar-refractivity contribution in [1.29, 1.82) is 0 Å². The molecule has 0 saturated carbocycles. The molecule has 6 nitrogen and oxygen atoms in total. The maximum Gasteiger partial charge on any atom is 0.433 e. The van der Waals surface area contributed by atoms with E-state index in [1.807, 2.05) is 0 Å². The van der Waals surface area contributed by atoms with E-state index in [1.165, 1.54) is 35.2 Å². The quantitative estimate of drug-likeness (QED) is 0.474. The molecular weight excluding hydrogens is 250 g/mol. The second kappa shape index (κ2) is 4.90. The van der Waals surface area contributed by atoms with Crippen LogP contribution in [0.3, 0.4) is 0 Å². The summed E-state index contributed by atoms with van der Waals surface area (Å²) in [5, 5.41) is 19.6. The summed E-state index contributed by atoms with van der Waals surface area (Å²) < 4.78 is 5.74. The van der Waals surface area contributed by atoms with Crippen LogP contribution in [0.5, 0.6) is 0 Å². The van der Waals surface area contributed by atoms with Crippen LogP contribution in [0.1, 0.15) is 5.76 Å². The molecule has 0 fully saturated rings. The van der Waals surface area contributed by atoms with E-state index in [0.29, 0.717) is 5.76 Å². The standard InChI is InChI=1S/C8H5N3O3S2/c12-11(13)7-2-1-6(14-7)3-4-15-8-10-9-5-16-8/h1-5H/b4-3+. The molecule has 0 radical (unpaired) electrons. The summed E-state index contributed by atoms with van der Waals surface area (Å²) in [6.45, 7) is 0. The van der Waals surface area contributed by atoms with Crippen molar-refractivity contribution in [2.24, 2.45) is 0 Å². The summed E-state index contributed by atoms with van der Waals surface area (Å²) in [4.78, 5) is 9.77. The number of nitrogens with zero attached hydrogens (tertiary/aromatic N) is 3. The molecule has 0 aliphatic rings. The largest absolute Gasteiger partial charge is 0.433 e. The minimum Gasteiger partial charge on any atom is -0.401 e. The zero-order valence-corrected chi connectivity index (χ0v) is 9.40. The SMILES string of the molecule is O=[N+]([O-])c1ccc(/C=C/Sc2nncs2)o1. The van der Waals surface area contributed by atoms with E-state index in [0.717, 1.165) is 4.34 Å². The third-order valence-electron chi connectivity index (χ3n) is 1.53. The Kier molecular flexibility index (Phi) is 3.32. The first-order valence-corrected chi connectivity index (χ1v) is 5.85. The van der Waals surface area contributed by atoms with Crippen LogP contribution in [0.25, 0.3) is 6.08 Å². The van der Waals surface area contributed by atoms with E-state index in [1.54, 1.807) is 17.0 Å². The molecule has 0 spiro atoms. The topological polar surface area (TPSA) is 82.1 Å². The molecule has 0 atom stereocenters. The molecule has 0 aromatic carbocycles. The van der Waals surface area contributed by atoms with E-state index in [9.17, 15) is 10.1 Å². The molecule has 82 valence electrons. The van der Waals surface area contributed by atoms with Gasteiger partial charge in [0.2, 0.25) is 0 Å². The van der Waals surface area contributed by atoms with Gasteiger partial charge in [0, 0.05) is 0 Å². The lowest BCUT2D eigenvalue weighted by Crippen LogP contribution is -1.82. The molecule has 8 heteroatoms. The minimum absolute atomic E-state index is 0.263. The lowest BCUT2D eigenvalue weighted by molar-refractivity contribution is -0.402. The van der Waals surface area contributed by atoms with Crippen LogP contribution < -0.4 is 0 Å². The van der Waals surface area contributed by atoms with E-state index in [2.05, 4.69) is 10.2 Å². The van der Waals surface area contributed by atoms with Gasteiger partial charge < -0.3 is 4.42 Å². The van der Waals surface area contributed by atoms with Gasteiger partial charge in [-0.25, -0.2) is 0 Å². The number of hydrogen-bond donors (Lipinski definition) is 0. The van der Waals surface area contributed by atoms with Crippen molar-refractivity contribution in [2.75, 3.05) is 0 Å². The number of nitro groups is 1. The molecule has 2 aromatic heterocycles. The number of rotatable bonds is 4. The molecule has 0 N–H and O–H groups in total. The van der Waals surface area contributed by atoms with Crippen molar-refractivity contribution < 1.29 is 9.34 Å². The number of thioether (sulfide) groups is 1. The molecule has 0 unspecified atom stereocenters. The Hall–Kier alpha value is -1.67. The van der Waals surface area contributed by atoms with Gasteiger partial charge >= 0.3 is 5.88 Å². The molecular formula is C8H5N3O3S2. The molecule has 2 heterocycles. The van der Waals surface area contributed by atoms with Crippen molar-refractivity contribution in [3.63, 3.8) is 0 Å². The smallest absolute Gasteiger partial charge is 0.401 e. The Labute approximate surface area is 98.1 Å². The maximum absolute atomic E-state index is 10.3. The van der Waals surface area contributed by atoms with Crippen molar-refractivity contribution in [2.45, 2.75) is 4.34 Å². The van der Waals surface area contributed by atoms with Gasteiger partial charge in [-0.3, -0.25) is 10.1 Å². The fourth-order valence-electron chi connectivity index (χ4n) is 0.903. The Bertz CT molecular complexity index is 506. The van der Waals surface area contributed by atoms with Crippen LogP contribution in [0.2, 0.25) is 0 Å². The highest BCUT2D eigenvalue weighted by Crippen LogP contribution is 2.22. The Morgan fingerprint density at radius 2 is 2.44 bits per heavy atom. The first-order chi connectivity index (χ1) is 7.75. The number of furan rings is 1. The Morgan fingerprint density at radius 1 is 1.56 bits per heavy atom. The summed E-state index contributed by atoms with van der Waals surface area (Å²) in [5.74, 6) is 0.171. The third kappa shape index (κ3) is 2.67. The summed E-state index contributed by atoms with van der Waals surface area (Å²) in [6.07, 6.45) is 1.64. The molecule has 0 amide bonds. The van der Waals surface area contributed by atoms with Gasteiger partial charge in [0.15, 0.2) is 4.34 Å². The fourth-order valence-corrected chi connectivity index (χ4v) is 2.11. The van der Waals surface area contributed by atoms with Crippen LogP contribution in [0.4, 0.5) is 5.88 Å². The maximum atomic E-state index is 10.3. The highest BCUT2D eigenvalue weighted by atomic mass is 32.2. The highest BCUT2D eigenvalue weighted by Gasteiger charge is 2.09. The lowest BCUT2D eigenvalue weighted by Gasteiger charge is -1.85. The van der Waals surface area contributed by atoms with Crippen LogP contribution in [0.15, 0.2) is 31.8 Å². The zero-order valence-electron chi connectivity index (χ0n) is 7.77. The molecule has 0 bridgehead atoms. The van der Waals surface area contributed by atoms with E-state index in [-0.39, 0.29) is 5.88 Å². The predicted octanol–water partition coefficient (Wildman–Crippen LogP) is 2.80. The monoisotopic (exact) mass is 255 g/mol. The highest BCUT2D eigenvalue weighted by molar-refractivity contribution is 8.03. The summed E-state index contributed by atoms with van der Waals surface area (Å²) in [5.41, 5.74) is 1.63. The Balaban J connectivity index is 1.98. The summed E-state index contributed by atoms with van der Waals surface area (Å²) >= 11 is 2.79. The van der Waals surface area contributed by atoms with Crippen LogP contribution >= 0.6 is 23.1 Å². The van der Waals surface area contributed by atoms with Gasteiger partial charge in [-0.05, 0) is 17.6 Å². The average Bonchev–Trinajstić information content (AvgIpc) is 2.87. The zero-order chi connectivity index (χ0) is 11.4. The summed E-state index contributed by atoms with van der Waals surface area (Å²) in [6, 6.07) is 2.85. The number of hydrogen-bond acceptors (Lipinski definition) is 7. The molecule has 16 heavy (non-hydrogen) atoms. The average molecular weight is 255 g/mol. The first-order valence-electron chi connectivity index (χ1n) is 4.09. The van der Waals surface area contributed by atoms with Crippen LogP contribution in [0, 0.1) is 10.1 Å². The van der Waals surface area contributed by atoms with E-state index in [4.69, 9.17) is 4.42 Å². The van der Waals surface area contributed by atoms with Gasteiger partial charge in [-0.15, -0.1) is 10.2 Å². The second-order valence-electron chi connectivity index (χ2n) is 2.56. The van der Waals surface area contributed by atoms with Crippen molar-refractivity contribution in [3.8, 4) is 0 Å². The molecule has 0 aliphatic carbocycles. The normalized spacial score (nSPS) is 11.0. The lowest BCUT2D eigenvalue weighted by atomic mass is 10.4. The van der Waals surface area contributed by atoms with Gasteiger partial charge in [0.25, 0.3) is 0 Å². The predicted molar refractivity (Wildman–Crippen MR) is 60.2 cm³/mol. The van der Waals surface area contributed by atoms with Crippen LogP contribution in [-0.4, -0.2) is 15.1 Å². The summed E-state index contributed by atoms with van der Waals surface area (Å²) in [7, 11) is 0. The number of aromatic nitrogens is 2. The minimum atomic E-state index is -0.574. The fraction of sp³-hybridized carbons (Fsp3) is 0. The van der Waals surface area contributed by atoms with Crippen molar-refractivity contribution in [3.05, 3.63) is 38.9 Å². The second-order valence-corrected chi connectivity index (χ2v) is 4.54. The van der Waals surface area contributed by atoms with Gasteiger partial charge in [0.1, 0.15) is 16.2 Å². The van der Waals surface area contributed by atoms with E-state index < -0.39 is 4.92 Å². The van der Waals surface area contributed by atoms with E-state index >= 15 is 0 Å². The molecule has 2 rings (SSSR count). The van der Waals surface area contributed by atoms with Gasteiger partial charge in [-0.1, -0.05) is 23.1 Å². The molecule has 2 aromatic rings. The van der Waals surface area contributed by atoms with Gasteiger partial charge in [0.05, 0.1) is 6.07 Å². The molecule has 0 aliphatic heterocycles. The Morgan fingerprint density at radius 3 is 3.06 bits per heavy atom. The van der Waals surface area contributed by atoms with Crippen molar-refractivity contribution in [1.82, 2.24) is 10.2 Å². The van der Waals surface area contributed by atoms with Crippen molar-refractivity contribution >= 4 is 35.1 Å². The van der Waals surface area contributed by atoms with Crippen LogP contribution in [-0.2, 0) is 0 Å². The first kappa shape index (κ1) is 10.8. The van der Waals surface area contributed by atoms with Gasteiger partial charge in [-0.2, -0.15) is 0 Å². The third-order valence-corrected chi connectivity index (χ3v) is 3.15.